The van der Waals surface area contributed by atoms with Gasteiger partial charge < -0.3 is 14.8 Å². The van der Waals surface area contributed by atoms with E-state index in [0.29, 0.717) is 29.6 Å². The van der Waals surface area contributed by atoms with Crippen molar-refractivity contribution in [1.82, 2.24) is 4.90 Å². The molecule has 0 aromatic heterocycles. The molecule has 0 saturated heterocycles. The van der Waals surface area contributed by atoms with Gasteiger partial charge in [0.2, 0.25) is 5.91 Å². The molecule has 5 nitrogen and oxygen atoms in total. The smallest absolute Gasteiger partial charge is 0.246 e. The molecule has 0 aliphatic heterocycles. The van der Waals surface area contributed by atoms with Crippen molar-refractivity contribution in [2.45, 2.75) is 6.04 Å². The van der Waals surface area contributed by atoms with Crippen LogP contribution in [0.15, 0.2) is 77.3 Å². The Hall–Kier alpha value is -2.54. The van der Waals surface area contributed by atoms with Crippen LogP contribution >= 0.6 is 27.5 Å². The zero-order valence-electron chi connectivity index (χ0n) is 17.3. The van der Waals surface area contributed by atoms with Gasteiger partial charge in [0.05, 0.1) is 12.1 Å². The van der Waals surface area contributed by atoms with Gasteiger partial charge in [-0.05, 0) is 55.1 Å². The molecule has 0 radical (unpaired) electrons. The second-order valence-corrected chi connectivity index (χ2v) is 8.26. The van der Waals surface area contributed by atoms with E-state index in [2.05, 4.69) is 21.2 Å². The summed E-state index contributed by atoms with van der Waals surface area (Å²) < 4.78 is 12.0. The molecule has 1 N–H and O–H groups in total. The van der Waals surface area contributed by atoms with Gasteiger partial charge in [0.15, 0.2) is 0 Å². The predicted molar refractivity (Wildman–Crippen MR) is 128 cm³/mol. The lowest BCUT2D eigenvalue weighted by Gasteiger charge is -2.27. The van der Waals surface area contributed by atoms with Crippen molar-refractivity contribution < 1.29 is 14.3 Å². The van der Waals surface area contributed by atoms with E-state index in [1.54, 1.807) is 25.3 Å². The predicted octanol–water partition coefficient (Wildman–Crippen LogP) is 5.80. The number of benzene rings is 3. The van der Waals surface area contributed by atoms with Gasteiger partial charge in [0, 0.05) is 16.7 Å². The molecule has 1 unspecified atom stereocenters. The summed E-state index contributed by atoms with van der Waals surface area (Å²) in [6.07, 6.45) is 0. The number of nitrogens with zero attached hydrogens (tertiary/aromatic N) is 1. The molecule has 0 fully saturated rings. The first-order valence-corrected chi connectivity index (χ1v) is 10.9. The number of likely N-dealkylation sites (N-methyl/N-ethyl adjacent to an activating group) is 1. The van der Waals surface area contributed by atoms with Gasteiger partial charge >= 0.3 is 0 Å². The number of nitrogens with one attached hydrogen (secondary N) is 1. The standard InChI is InChI=1S/C24H24BrClN2O3/c1-28(14-15-31-20-11-8-18(25)9-12-20)23(17-6-4-3-5-7-17)24(29)27-19-10-13-22(30-2)21(26)16-19/h3-13,16,23H,14-15H2,1-2H3,(H,27,29). The van der Waals surface area contributed by atoms with Crippen LogP contribution in [0.25, 0.3) is 0 Å². The Balaban J connectivity index is 1.70. The Labute approximate surface area is 196 Å². The minimum absolute atomic E-state index is 0.154. The third kappa shape index (κ3) is 6.47. The summed E-state index contributed by atoms with van der Waals surface area (Å²) in [5.74, 6) is 1.19. The molecule has 162 valence electrons. The van der Waals surface area contributed by atoms with Crippen molar-refractivity contribution in [1.29, 1.82) is 0 Å². The van der Waals surface area contributed by atoms with E-state index >= 15 is 0 Å². The fourth-order valence-electron chi connectivity index (χ4n) is 3.16. The van der Waals surface area contributed by atoms with Gasteiger partial charge in [-0.2, -0.15) is 0 Å². The van der Waals surface area contributed by atoms with E-state index < -0.39 is 6.04 Å². The second-order valence-electron chi connectivity index (χ2n) is 6.93. The minimum Gasteiger partial charge on any atom is -0.495 e. The molecule has 1 amide bonds. The average Bonchev–Trinajstić information content (AvgIpc) is 2.76. The summed E-state index contributed by atoms with van der Waals surface area (Å²) in [5, 5.41) is 3.40. The van der Waals surface area contributed by atoms with Crippen molar-refractivity contribution in [3.63, 3.8) is 0 Å². The molecule has 3 aromatic carbocycles. The number of hydrogen-bond donors (Lipinski definition) is 1. The Bertz CT molecular complexity index is 999. The molecule has 0 bridgehead atoms. The van der Waals surface area contributed by atoms with Gasteiger partial charge in [0.1, 0.15) is 24.1 Å². The van der Waals surface area contributed by atoms with Crippen LogP contribution in [-0.4, -0.2) is 38.1 Å². The van der Waals surface area contributed by atoms with Crippen LogP contribution in [0.5, 0.6) is 11.5 Å². The van der Waals surface area contributed by atoms with E-state index in [4.69, 9.17) is 21.1 Å². The fraction of sp³-hybridized carbons (Fsp3) is 0.208. The van der Waals surface area contributed by atoms with Crippen molar-refractivity contribution in [3.8, 4) is 11.5 Å². The fourth-order valence-corrected chi connectivity index (χ4v) is 3.69. The summed E-state index contributed by atoms with van der Waals surface area (Å²) >= 11 is 9.62. The summed E-state index contributed by atoms with van der Waals surface area (Å²) in [4.78, 5) is 15.2. The number of methoxy groups -OCH3 is 1. The Kier molecular flexibility index (Phi) is 8.35. The van der Waals surface area contributed by atoms with E-state index in [1.807, 2.05) is 66.5 Å². The topological polar surface area (TPSA) is 50.8 Å². The number of rotatable bonds is 9. The molecule has 0 heterocycles. The maximum atomic E-state index is 13.2. The van der Waals surface area contributed by atoms with Gasteiger partial charge in [-0.1, -0.05) is 57.9 Å². The molecule has 31 heavy (non-hydrogen) atoms. The molecule has 0 aliphatic carbocycles. The Morgan fingerprint density at radius 1 is 1.10 bits per heavy atom. The molecule has 0 spiro atoms. The van der Waals surface area contributed by atoms with Gasteiger partial charge in [0.25, 0.3) is 0 Å². The third-order valence-electron chi connectivity index (χ3n) is 4.75. The van der Waals surface area contributed by atoms with Crippen molar-refractivity contribution >= 4 is 39.1 Å². The largest absolute Gasteiger partial charge is 0.495 e. The van der Waals surface area contributed by atoms with Crippen LogP contribution in [-0.2, 0) is 4.79 Å². The highest BCUT2D eigenvalue weighted by Gasteiger charge is 2.25. The summed E-state index contributed by atoms with van der Waals surface area (Å²) in [5.41, 5.74) is 1.50. The SMILES string of the molecule is COc1ccc(NC(=O)C(c2ccccc2)N(C)CCOc2ccc(Br)cc2)cc1Cl. The van der Waals surface area contributed by atoms with Crippen LogP contribution < -0.4 is 14.8 Å². The highest BCUT2D eigenvalue weighted by molar-refractivity contribution is 9.10. The monoisotopic (exact) mass is 502 g/mol. The molecule has 0 aliphatic rings. The number of carbonyl (C=O) groups is 1. The maximum Gasteiger partial charge on any atom is 0.246 e. The van der Waals surface area contributed by atoms with Crippen molar-refractivity contribution in [3.05, 3.63) is 87.9 Å². The Morgan fingerprint density at radius 3 is 2.45 bits per heavy atom. The van der Waals surface area contributed by atoms with Crippen LogP contribution in [0, 0.1) is 0 Å². The first-order valence-electron chi connectivity index (χ1n) is 9.76. The van der Waals surface area contributed by atoms with Gasteiger partial charge in [-0.25, -0.2) is 0 Å². The van der Waals surface area contributed by atoms with E-state index in [-0.39, 0.29) is 5.91 Å². The summed E-state index contributed by atoms with van der Waals surface area (Å²) in [6, 6.07) is 22.0. The number of amides is 1. The first-order chi connectivity index (χ1) is 15.0. The number of halogens is 2. The van der Waals surface area contributed by atoms with Crippen LogP contribution in [0.4, 0.5) is 5.69 Å². The molecule has 3 aromatic rings. The molecule has 3 rings (SSSR count). The normalized spacial score (nSPS) is 11.8. The summed E-state index contributed by atoms with van der Waals surface area (Å²) in [7, 11) is 3.46. The number of anilines is 1. The average molecular weight is 504 g/mol. The quantitative estimate of drug-likeness (QED) is 0.401. The van der Waals surface area contributed by atoms with E-state index in [1.165, 1.54) is 0 Å². The molecule has 0 saturated carbocycles. The van der Waals surface area contributed by atoms with E-state index in [9.17, 15) is 4.79 Å². The highest BCUT2D eigenvalue weighted by atomic mass is 79.9. The lowest BCUT2D eigenvalue weighted by atomic mass is 10.0. The third-order valence-corrected chi connectivity index (χ3v) is 5.57. The minimum atomic E-state index is -0.490. The zero-order valence-corrected chi connectivity index (χ0v) is 19.7. The molecule has 7 heteroatoms. The van der Waals surface area contributed by atoms with Crippen molar-refractivity contribution in [2.24, 2.45) is 0 Å². The van der Waals surface area contributed by atoms with Crippen LogP contribution in [0.3, 0.4) is 0 Å². The van der Waals surface area contributed by atoms with E-state index in [0.717, 1.165) is 15.8 Å². The Morgan fingerprint density at radius 2 is 1.81 bits per heavy atom. The molecular weight excluding hydrogens is 480 g/mol. The lowest BCUT2D eigenvalue weighted by molar-refractivity contribution is -0.121. The van der Waals surface area contributed by atoms with Crippen molar-refractivity contribution in [2.75, 3.05) is 32.6 Å². The highest BCUT2D eigenvalue weighted by Crippen LogP contribution is 2.28. The molecule has 1 atom stereocenters. The van der Waals surface area contributed by atoms with Gasteiger partial charge in [-0.15, -0.1) is 0 Å². The number of carbonyl (C=O) groups excluding carboxylic acids is 1. The van der Waals surface area contributed by atoms with Crippen LogP contribution in [0.1, 0.15) is 11.6 Å². The zero-order chi connectivity index (χ0) is 22.2. The summed E-state index contributed by atoms with van der Waals surface area (Å²) in [6.45, 7) is 1.01. The van der Waals surface area contributed by atoms with Crippen LogP contribution in [0.2, 0.25) is 5.02 Å². The number of hydrogen-bond acceptors (Lipinski definition) is 4. The molecular formula is C24H24BrClN2O3. The maximum absolute atomic E-state index is 13.2. The first kappa shape index (κ1) is 23.1. The van der Waals surface area contributed by atoms with Gasteiger partial charge in [-0.3, -0.25) is 9.69 Å². The number of ether oxygens (including phenoxy) is 2. The second kappa shape index (κ2) is 11.2. The lowest BCUT2D eigenvalue weighted by Crippen LogP contribution is -2.37.